The molecule has 192 valence electrons. The van der Waals surface area contributed by atoms with Gasteiger partial charge in [-0.05, 0) is 29.1 Å². The van der Waals surface area contributed by atoms with Crippen LogP contribution in [-0.2, 0) is 20.4 Å². The zero-order valence-corrected chi connectivity index (χ0v) is 20.7. The van der Waals surface area contributed by atoms with Crippen LogP contribution in [0.2, 0.25) is 0 Å². The second kappa shape index (κ2) is 9.31. The van der Waals surface area contributed by atoms with Gasteiger partial charge in [-0.3, -0.25) is 4.90 Å². The van der Waals surface area contributed by atoms with Crippen molar-refractivity contribution in [1.82, 2.24) is 9.21 Å². The Bertz CT molecular complexity index is 1120. The molecule has 1 aromatic carbocycles. The average Bonchev–Trinajstić information content (AvgIpc) is 3.35. The van der Waals surface area contributed by atoms with Crippen molar-refractivity contribution >= 4 is 27.0 Å². The van der Waals surface area contributed by atoms with E-state index in [-0.39, 0.29) is 30.1 Å². The van der Waals surface area contributed by atoms with E-state index in [0.717, 1.165) is 26.3 Å². The summed E-state index contributed by atoms with van der Waals surface area (Å²) in [6.45, 7) is 3.32. The SMILES string of the molecule is O=S(=O)(c1cccs1)N1CCN(c2ccc(C(O)(CF)C(F)F)cc2)[C@@H](CN2CC3(COC3)C2)C1. The van der Waals surface area contributed by atoms with Crippen molar-refractivity contribution in [3.63, 3.8) is 0 Å². The van der Waals surface area contributed by atoms with Gasteiger partial charge in [-0.15, -0.1) is 11.3 Å². The number of thiophene rings is 1. The van der Waals surface area contributed by atoms with Gasteiger partial charge in [0.05, 0.1) is 19.3 Å². The maximum absolute atomic E-state index is 13.3. The quantitative estimate of drug-likeness (QED) is 0.564. The van der Waals surface area contributed by atoms with E-state index in [9.17, 15) is 26.7 Å². The topological polar surface area (TPSA) is 73.3 Å². The molecule has 3 aliphatic rings. The number of hydrogen-bond donors (Lipinski definition) is 1. The minimum atomic E-state index is -3.61. The molecule has 0 bridgehead atoms. The number of ether oxygens (including phenoxy) is 1. The molecule has 1 unspecified atom stereocenters. The van der Waals surface area contributed by atoms with E-state index >= 15 is 0 Å². The summed E-state index contributed by atoms with van der Waals surface area (Å²) in [6, 6.07) is 8.96. The molecule has 7 nitrogen and oxygen atoms in total. The lowest BCUT2D eigenvalue weighted by atomic mass is 9.78. The van der Waals surface area contributed by atoms with E-state index in [1.807, 2.05) is 0 Å². The highest BCUT2D eigenvalue weighted by Gasteiger charge is 2.50. The second-order valence-electron chi connectivity index (χ2n) is 9.71. The Balaban J connectivity index is 1.36. The number of hydrogen-bond acceptors (Lipinski definition) is 7. The van der Waals surface area contributed by atoms with Gasteiger partial charge >= 0.3 is 0 Å². The third-order valence-electron chi connectivity index (χ3n) is 7.20. The summed E-state index contributed by atoms with van der Waals surface area (Å²) in [5, 5.41) is 11.8. The van der Waals surface area contributed by atoms with Crippen LogP contribution in [0.3, 0.4) is 0 Å². The van der Waals surface area contributed by atoms with Crippen LogP contribution in [0.4, 0.5) is 18.9 Å². The smallest absolute Gasteiger partial charge is 0.273 e. The Morgan fingerprint density at radius 2 is 1.89 bits per heavy atom. The van der Waals surface area contributed by atoms with Crippen LogP contribution in [0.5, 0.6) is 0 Å². The Hall–Kier alpha value is -1.70. The standard InChI is InChI=1S/C23H28F3N3O4S2/c24-12-23(30,21(25)26)17-3-5-18(6-4-17)29-8-7-28(35(31,32)20-2-1-9-34-20)11-19(29)10-27-13-22(14-27)15-33-16-22/h1-6,9,19,21,30H,7-8,10-16H2/t19-,23?/m0/s1. The van der Waals surface area contributed by atoms with Crippen molar-refractivity contribution in [2.75, 3.05) is 64.1 Å². The lowest BCUT2D eigenvalue weighted by Gasteiger charge is -2.56. The van der Waals surface area contributed by atoms with Crippen LogP contribution in [0.25, 0.3) is 0 Å². The zero-order valence-electron chi connectivity index (χ0n) is 19.0. The van der Waals surface area contributed by atoms with E-state index < -0.39 is 28.7 Å². The van der Waals surface area contributed by atoms with Gasteiger partial charge in [0.15, 0.2) is 5.60 Å². The summed E-state index contributed by atoms with van der Waals surface area (Å²) >= 11 is 1.19. The Morgan fingerprint density at radius 3 is 2.43 bits per heavy atom. The van der Waals surface area contributed by atoms with E-state index in [0.29, 0.717) is 23.0 Å². The molecule has 12 heteroatoms. The summed E-state index contributed by atoms with van der Waals surface area (Å²) in [6.07, 6.45) is -3.26. The number of benzene rings is 1. The highest BCUT2D eigenvalue weighted by molar-refractivity contribution is 7.91. The molecule has 3 aliphatic heterocycles. The van der Waals surface area contributed by atoms with Gasteiger partial charge in [0.25, 0.3) is 16.4 Å². The number of anilines is 1. The summed E-state index contributed by atoms with van der Waals surface area (Å²) in [7, 11) is -3.61. The van der Waals surface area contributed by atoms with E-state index in [2.05, 4.69) is 9.80 Å². The average molecular weight is 532 g/mol. The first-order valence-electron chi connectivity index (χ1n) is 11.4. The maximum atomic E-state index is 13.3. The molecule has 3 fully saturated rings. The predicted molar refractivity (Wildman–Crippen MR) is 126 cm³/mol. The van der Waals surface area contributed by atoms with Crippen LogP contribution < -0.4 is 4.90 Å². The molecule has 0 amide bonds. The van der Waals surface area contributed by atoms with Gasteiger partial charge in [-0.25, -0.2) is 21.6 Å². The molecule has 0 saturated carbocycles. The summed E-state index contributed by atoms with van der Waals surface area (Å²) in [4.78, 5) is 4.36. The zero-order chi connectivity index (χ0) is 24.8. The molecular weight excluding hydrogens is 503 g/mol. The normalized spacial score (nSPS) is 24.8. The second-order valence-corrected chi connectivity index (χ2v) is 12.8. The van der Waals surface area contributed by atoms with Gasteiger partial charge in [0.2, 0.25) is 0 Å². The molecule has 5 rings (SSSR count). The van der Waals surface area contributed by atoms with Crippen molar-refractivity contribution in [1.29, 1.82) is 0 Å². The first-order chi connectivity index (χ1) is 16.7. The largest absolute Gasteiger partial charge is 0.380 e. The molecule has 1 N–H and O–H groups in total. The van der Waals surface area contributed by atoms with Crippen molar-refractivity contribution in [3.05, 3.63) is 47.3 Å². The summed E-state index contributed by atoms with van der Waals surface area (Å²) in [5.74, 6) is 0. The molecule has 2 atom stereocenters. The number of aliphatic hydroxyl groups is 1. The number of alkyl halides is 3. The van der Waals surface area contributed by atoms with Gasteiger partial charge in [-0.1, -0.05) is 18.2 Å². The van der Waals surface area contributed by atoms with Crippen LogP contribution in [-0.4, -0.2) is 94.4 Å². The molecular formula is C23H28F3N3O4S2. The van der Waals surface area contributed by atoms with Gasteiger partial charge in [0, 0.05) is 50.4 Å². The van der Waals surface area contributed by atoms with Gasteiger partial charge in [-0.2, -0.15) is 4.31 Å². The number of piperazine rings is 1. The number of sulfonamides is 1. The highest BCUT2D eigenvalue weighted by atomic mass is 32.2. The molecule has 0 aliphatic carbocycles. The monoisotopic (exact) mass is 531 g/mol. The van der Waals surface area contributed by atoms with Crippen molar-refractivity contribution in [3.8, 4) is 0 Å². The van der Waals surface area contributed by atoms with Gasteiger partial charge in [0.1, 0.15) is 10.9 Å². The van der Waals surface area contributed by atoms with E-state index in [1.165, 1.54) is 27.8 Å². The van der Waals surface area contributed by atoms with Crippen molar-refractivity contribution < 1.29 is 31.4 Å². The highest BCUT2D eigenvalue weighted by Crippen LogP contribution is 2.38. The maximum Gasteiger partial charge on any atom is 0.273 e. The number of likely N-dealkylation sites (tertiary alicyclic amines) is 1. The molecule has 1 spiro atoms. The fraction of sp³-hybridized carbons (Fsp3) is 0.565. The fourth-order valence-electron chi connectivity index (χ4n) is 5.18. The lowest BCUT2D eigenvalue weighted by Crippen LogP contribution is -2.69. The number of halogens is 3. The van der Waals surface area contributed by atoms with Crippen molar-refractivity contribution in [2.45, 2.75) is 22.3 Å². The number of rotatable bonds is 8. The minimum absolute atomic E-state index is 0.169. The third kappa shape index (κ3) is 4.49. The number of nitrogens with zero attached hydrogens (tertiary/aromatic N) is 3. The van der Waals surface area contributed by atoms with Crippen LogP contribution in [0, 0.1) is 5.41 Å². The lowest BCUT2D eigenvalue weighted by molar-refractivity contribution is -0.189. The molecule has 2 aromatic rings. The predicted octanol–water partition coefficient (Wildman–Crippen LogP) is 2.38. The summed E-state index contributed by atoms with van der Waals surface area (Å²) in [5.41, 5.74) is -2.11. The van der Waals surface area contributed by atoms with Crippen LogP contribution in [0.1, 0.15) is 5.56 Å². The molecule has 1 aromatic heterocycles. The minimum Gasteiger partial charge on any atom is -0.380 e. The van der Waals surface area contributed by atoms with Crippen molar-refractivity contribution in [2.24, 2.45) is 5.41 Å². The van der Waals surface area contributed by atoms with Gasteiger partial charge < -0.3 is 14.7 Å². The van der Waals surface area contributed by atoms with E-state index in [4.69, 9.17) is 4.74 Å². The first kappa shape index (κ1) is 25.0. The third-order valence-corrected chi connectivity index (χ3v) is 10.4. The Kier molecular flexibility index (Phi) is 6.64. The Labute approximate surface area is 206 Å². The summed E-state index contributed by atoms with van der Waals surface area (Å²) < 4.78 is 73.3. The van der Waals surface area contributed by atoms with Crippen LogP contribution >= 0.6 is 11.3 Å². The fourth-order valence-corrected chi connectivity index (χ4v) is 7.80. The Morgan fingerprint density at radius 1 is 1.17 bits per heavy atom. The molecule has 3 saturated heterocycles. The van der Waals surface area contributed by atoms with Crippen LogP contribution in [0.15, 0.2) is 46.0 Å². The molecule has 4 heterocycles. The first-order valence-corrected chi connectivity index (χ1v) is 13.8. The molecule has 35 heavy (non-hydrogen) atoms. The molecule has 0 radical (unpaired) electrons. The van der Waals surface area contributed by atoms with E-state index in [1.54, 1.807) is 29.6 Å².